The van der Waals surface area contributed by atoms with Crippen molar-refractivity contribution in [3.05, 3.63) is 47.8 Å². The minimum Gasteiger partial charge on any atom is -0.375 e. The molecule has 1 amide bonds. The number of rotatable bonds is 5. The van der Waals surface area contributed by atoms with Gasteiger partial charge in [-0.15, -0.1) is 0 Å². The summed E-state index contributed by atoms with van der Waals surface area (Å²) in [5, 5.41) is 3.26. The minimum absolute atomic E-state index is 0.0467. The van der Waals surface area contributed by atoms with Crippen LogP contribution in [0.25, 0.3) is 0 Å². The number of likely N-dealkylation sites (tertiary alicyclic amines) is 1. The fraction of sp³-hybridized carbons (Fsp3) is 0.421. The molecule has 6 heteroatoms. The van der Waals surface area contributed by atoms with Crippen LogP contribution in [0.2, 0.25) is 0 Å². The number of carbonyl (C=O) groups excluding carboxylic acids is 1. The van der Waals surface area contributed by atoms with Crippen LogP contribution >= 0.6 is 0 Å². The van der Waals surface area contributed by atoms with Gasteiger partial charge < -0.3 is 15.0 Å². The Hall–Kier alpha value is -2.47. The highest BCUT2D eigenvalue weighted by atomic mass is 16.5. The van der Waals surface area contributed by atoms with Crippen molar-refractivity contribution in [2.45, 2.75) is 25.7 Å². The summed E-state index contributed by atoms with van der Waals surface area (Å²) in [6.45, 7) is 3.59. The van der Waals surface area contributed by atoms with E-state index in [0.29, 0.717) is 6.54 Å². The van der Waals surface area contributed by atoms with Crippen LogP contribution in [0.4, 0.5) is 11.6 Å². The molecule has 3 rings (SSSR count). The van der Waals surface area contributed by atoms with Gasteiger partial charge in [0.05, 0.1) is 0 Å². The predicted octanol–water partition coefficient (Wildman–Crippen LogP) is 2.88. The fourth-order valence-corrected chi connectivity index (χ4v) is 3.15. The number of methoxy groups -OCH3 is 1. The van der Waals surface area contributed by atoms with Crippen molar-refractivity contribution in [1.29, 1.82) is 0 Å². The number of carbonyl (C=O) groups is 1. The van der Waals surface area contributed by atoms with E-state index in [0.717, 1.165) is 42.4 Å². The summed E-state index contributed by atoms with van der Waals surface area (Å²) in [7, 11) is 1.55. The summed E-state index contributed by atoms with van der Waals surface area (Å²) >= 11 is 0. The van der Waals surface area contributed by atoms with Crippen molar-refractivity contribution >= 4 is 17.5 Å². The van der Waals surface area contributed by atoms with E-state index in [-0.39, 0.29) is 18.4 Å². The van der Waals surface area contributed by atoms with Crippen molar-refractivity contribution in [2.75, 3.05) is 32.1 Å². The first-order valence-electron chi connectivity index (χ1n) is 8.60. The van der Waals surface area contributed by atoms with Gasteiger partial charge in [0.25, 0.3) is 0 Å². The molecule has 0 radical (unpaired) electrons. The number of nitrogens with zero attached hydrogens (tertiary/aromatic N) is 3. The lowest BCUT2D eigenvalue weighted by Gasteiger charge is -2.32. The van der Waals surface area contributed by atoms with Crippen molar-refractivity contribution < 1.29 is 9.53 Å². The van der Waals surface area contributed by atoms with E-state index < -0.39 is 0 Å². The van der Waals surface area contributed by atoms with Crippen LogP contribution in [-0.4, -0.2) is 47.6 Å². The minimum atomic E-state index is 0.0467. The standard InChI is InChI=1S/C19H24N4O2/c1-14-6-3-9-17(20-14)22-18-10-4-8-16(21-18)15-7-5-11-23(12-15)19(24)13-25-2/h3-4,6,8-10,15H,5,7,11-13H2,1-2H3,(H,20,21,22). The zero-order valence-electron chi connectivity index (χ0n) is 14.7. The van der Waals surface area contributed by atoms with Crippen LogP contribution in [-0.2, 0) is 9.53 Å². The molecule has 1 aliphatic heterocycles. The maximum atomic E-state index is 12.1. The SMILES string of the molecule is COCC(=O)N1CCCC(c2cccc(Nc3cccc(C)n3)n2)C1. The zero-order chi connectivity index (χ0) is 17.6. The Balaban J connectivity index is 1.71. The highest BCUT2D eigenvalue weighted by Crippen LogP contribution is 2.27. The number of hydrogen-bond acceptors (Lipinski definition) is 5. The highest BCUT2D eigenvalue weighted by Gasteiger charge is 2.25. The number of anilines is 2. The van der Waals surface area contributed by atoms with Gasteiger partial charge in [-0.2, -0.15) is 0 Å². The molecule has 25 heavy (non-hydrogen) atoms. The molecule has 0 aromatic carbocycles. The van der Waals surface area contributed by atoms with Crippen molar-refractivity contribution in [3.8, 4) is 0 Å². The summed E-state index contributed by atoms with van der Waals surface area (Å²) in [4.78, 5) is 23.1. The average molecular weight is 340 g/mol. The zero-order valence-corrected chi connectivity index (χ0v) is 14.7. The Morgan fingerprint density at radius 3 is 2.76 bits per heavy atom. The van der Waals surface area contributed by atoms with Gasteiger partial charge in [-0.25, -0.2) is 9.97 Å². The average Bonchev–Trinajstić information content (AvgIpc) is 2.62. The summed E-state index contributed by atoms with van der Waals surface area (Å²) in [5.74, 6) is 1.85. The number of hydrogen-bond donors (Lipinski definition) is 1. The molecule has 0 aliphatic carbocycles. The molecular formula is C19H24N4O2. The molecule has 6 nitrogen and oxygen atoms in total. The molecule has 132 valence electrons. The van der Waals surface area contributed by atoms with Gasteiger partial charge in [0.1, 0.15) is 18.2 Å². The first-order valence-corrected chi connectivity index (χ1v) is 8.60. The summed E-state index contributed by atoms with van der Waals surface area (Å²) in [6.07, 6.45) is 2.02. The Labute approximate surface area is 148 Å². The van der Waals surface area contributed by atoms with E-state index in [9.17, 15) is 4.79 Å². The molecule has 2 aromatic heterocycles. The second-order valence-electron chi connectivity index (χ2n) is 6.35. The molecule has 1 saturated heterocycles. The Kier molecular flexibility index (Phi) is 5.60. The van der Waals surface area contributed by atoms with E-state index >= 15 is 0 Å². The third kappa shape index (κ3) is 4.54. The van der Waals surface area contributed by atoms with Crippen LogP contribution < -0.4 is 5.32 Å². The van der Waals surface area contributed by atoms with Gasteiger partial charge in [0.2, 0.25) is 5.91 Å². The summed E-state index contributed by atoms with van der Waals surface area (Å²) < 4.78 is 4.97. The molecule has 1 N–H and O–H groups in total. The maximum absolute atomic E-state index is 12.1. The number of piperidine rings is 1. The monoisotopic (exact) mass is 340 g/mol. The van der Waals surface area contributed by atoms with Gasteiger partial charge in [-0.05, 0) is 44.0 Å². The molecule has 3 heterocycles. The molecule has 0 saturated carbocycles. The third-order valence-electron chi connectivity index (χ3n) is 4.38. The van der Waals surface area contributed by atoms with Gasteiger partial charge >= 0.3 is 0 Å². The third-order valence-corrected chi connectivity index (χ3v) is 4.38. The Bertz CT molecular complexity index is 735. The summed E-state index contributed by atoms with van der Waals surface area (Å²) in [5.41, 5.74) is 1.97. The quantitative estimate of drug-likeness (QED) is 0.906. The van der Waals surface area contributed by atoms with Crippen molar-refractivity contribution in [2.24, 2.45) is 0 Å². The Morgan fingerprint density at radius 2 is 2.00 bits per heavy atom. The van der Waals surface area contributed by atoms with E-state index in [4.69, 9.17) is 9.72 Å². The maximum Gasteiger partial charge on any atom is 0.248 e. The fourth-order valence-electron chi connectivity index (χ4n) is 3.15. The molecule has 0 bridgehead atoms. The molecular weight excluding hydrogens is 316 g/mol. The summed E-state index contributed by atoms with van der Waals surface area (Å²) in [6, 6.07) is 11.8. The smallest absolute Gasteiger partial charge is 0.248 e. The Morgan fingerprint density at radius 1 is 1.24 bits per heavy atom. The number of ether oxygens (including phenoxy) is 1. The van der Waals surface area contributed by atoms with Crippen molar-refractivity contribution in [1.82, 2.24) is 14.9 Å². The lowest BCUT2D eigenvalue weighted by atomic mass is 9.94. The molecule has 1 atom stereocenters. The van der Waals surface area contributed by atoms with E-state index in [1.165, 1.54) is 0 Å². The van der Waals surface area contributed by atoms with E-state index in [1.54, 1.807) is 7.11 Å². The largest absolute Gasteiger partial charge is 0.375 e. The van der Waals surface area contributed by atoms with Crippen LogP contribution in [0.15, 0.2) is 36.4 Å². The second kappa shape index (κ2) is 8.07. The van der Waals surface area contributed by atoms with Crippen LogP contribution in [0.3, 0.4) is 0 Å². The first-order chi connectivity index (χ1) is 12.2. The van der Waals surface area contributed by atoms with Crippen LogP contribution in [0.1, 0.15) is 30.1 Å². The van der Waals surface area contributed by atoms with Gasteiger partial charge in [-0.3, -0.25) is 4.79 Å². The number of pyridine rings is 2. The molecule has 1 unspecified atom stereocenters. The van der Waals surface area contributed by atoms with Crippen LogP contribution in [0.5, 0.6) is 0 Å². The normalized spacial score (nSPS) is 17.4. The highest BCUT2D eigenvalue weighted by molar-refractivity contribution is 5.77. The predicted molar refractivity (Wildman–Crippen MR) is 96.9 cm³/mol. The lowest BCUT2D eigenvalue weighted by molar-refractivity contribution is -0.136. The lowest BCUT2D eigenvalue weighted by Crippen LogP contribution is -2.41. The number of amides is 1. The molecule has 0 spiro atoms. The topological polar surface area (TPSA) is 67.3 Å². The first kappa shape index (κ1) is 17.4. The van der Waals surface area contributed by atoms with Crippen LogP contribution in [0, 0.1) is 6.92 Å². The molecule has 2 aromatic rings. The second-order valence-corrected chi connectivity index (χ2v) is 6.35. The van der Waals surface area contributed by atoms with Crippen molar-refractivity contribution in [3.63, 3.8) is 0 Å². The molecule has 1 aliphatic rings. The number of aromatic nitrogens is 2. The van der Waals surface area contributed by atoms with Gasteiger partial charge in [0.15, 0.2) is 0 Å². The van der Waals surface area contributed by atoms with E-state index in [1.807, 2.05) is 48.2 Å². The number of aryl methyl sites for hydroxylation is 1. The van der Waals surface area contributed by atoms with Gasteiger partial charge in [-0.1, -0.05) is 12.1 Å². The van der Waals surface area contributed by atoms with E-state index in [2.05, 4.69) is 10.3 Å². The number of nitrogens with one attached hydrogen (secondary N) is 1. The van der Waals surface area contributed by atoms with Gasteiger partial charge in [0, 0.05) is 37.5 Å². The molecule has 1 fully saturated rings.